The van der Waals surface area contributed by atoms with Crippen LogP contribution in [0.3, 0.4) is 0 Å². The van der Waals surface area contributed by atoms with Crippen molar-refractivity contribution < 1.29 is 18.0 Å². The molecule has 0 unspecified atom stereocenters. The molecule has 124 valence electrons. The van der Waals surface area contributed by atoms with Crippen LogP contribution in [0.15, 0.2) is 24.3 Å². The number of fused-ring (bicyclic) bond motifs is 2. The molecule has 1 saturated carbocycles. The third kappa shape index (κ3) is 2.63. The number of rotatable bonds is 5. The van der Waals surface area contributed by atoms with Crippen molar-refractivity contribution in [3.05, 3.63) is 29.8 Å². The lowest BCUT2D eigenvalue weighted by molar-refractivity contribution is -0.168. The van der Waals surface area contributed by atoms with Gasteiger partial charge in [-0.15, -0.1) is 0 Å². The summed E-state index contributed by atoms with van der Waals surface area (Å²) in [6.45, 7) is 2.41. The number of nitrogens with one attached hydrogen (secondary N) is 1. The van der Waals surface area contributed by atoms with Gasteiger partial charge in [0.2, 0.25) is 21.8 Å². The van der Waals surface area contributed by atoms with E-state index in [0.717, 1.165) is 18.2 Å². The van der Waals surface area contributed by atoms with E-state index in [1.54, 1.807) is 24.3 Å². The fourth-order valence-corrected chi connectivity index (χ4v) is 4.14. The first-order chi connectivity index (χ1) is 10.8. The van der Waals surface area contributed by atoms with Gasteiger partial charge < -0.3 is 0 Å². The van der Waals surface area contributed by atoms with Crippen molar-refractivity contribution >= 4 is 27.5 Å². The molecule has 0 spiro atoms. The number of sulfonamides is 1. The molecule has 2 saturated heterocycles. The van der Waals surface area contributed by atoms with Crippen molar-refractivity contribution in [2.45, 2.75) is 31.6 Å². The molecule has 3 aliphatic rings. The molecule has 2 heterocycles. The lowest BCUT2D eigenvalue weighted by Crippen LogP contribution is -2.65. The lowest BCUT2D eigenvalue weighted by Gasteiger charge is -2.53. The molecule has 2 aliphatic heterocycles. The van der Waals surface area contributed by atoms with Crippen LogP contribution in [-0.4, -0.2) is 37.9 Å². The van der Waals surface area contributed by atoms with Crippen molar-refractivity contribution in [3.63, 3.8) is 0 Å². The van der Waals surface area contributed by atoms with E-state index in [0.29, 0.717) is 25.1 Å². The Bertz CT molecular complexity index is 749. The predicted octanol–water partition coefficient (Wildman–Crippen LogP) is 1.48. The van der Waals surface area contributed by atoms with Crippen LogP contribution >= 0.6 is 0 Å². The van der Waals surface area contributed by atoms with E-state index in [2.05, 4.69) is 4.72 Å². The van der Waals surface area contributed by atoms with E-state index in [1.807, 2.05) is 6.92 Å². The van der Waals surface area contributed by atoms with E-state index in [4.69, 9.17) is 0 Å². The monoisotopic (exact) mass is 336 g/mol. The molecule has 23 heavy (non-hydrogen) atoms. The van der Waals surface area contributed by atoms with E-state index in [9.17, 15) is 18.0 Å². The zero-order chi connectivity index (χ0) is 16.8. The maximum absolute atomic E-state index is 12.8. The van der Waals surface area contributed by atoms with Crippen LogP contribution < -0.4 is 4.72 Å². The summed E-state index contributed by atoms with van der Waals surface area (Å²) in [5, 5.41) is 0. The van der Waals surface area contributed by atoms with Gasteiger partial charge in [-0.25, -0.2) is 8.42 Å². The van der Waals surface area contributed by atoms with Crippen molar-refractivity contribution in [3.8, 4) is 0 Å². The third-order valence-corrected chi connectivity index (χ3v) is 5.25. The van der Waals surface area contributed by atoms with E-state index >= 15 is 0 Å². The van der Waals surface area contributed by atoms with E-state index in [1.165, 1.54) is 4.90 Å². The van der Waals surface area contributed by atoms with Crippen molar-refractivity contribution in [1.82, 2.24) is 4.90 Å². The maximum Gasteiger partial charge on any atom is 0.239 e. The molecule has 3 fully saturated rings. The molecule has 0 aromatic heterocycles. The minimum atomic E-state index is -3.32. The predicted molar refractivity (Wildman–Crippen MR) is 86.3 cm³/mol. The summed E-state index contributed by atoms with van der Waals surface area (Å²) in [4.78, 5) is 26.4. The number of carbonyl (C=O) groups is 2. The molecule has 1 N–H and O–H groups in total. The summed E-state index contributed by atoms with van der Waals surface area (Å²) < 4.78 is 24.9. The van der Waals surface area contributed by atoms with Gasteiger partial charge in [0.05, 0.1) is 11.7 Å². The number of nitrogens with zero attached hydrogens (tertiary/aromatic N) is 1. The van der Waals surface area contributed by atoms with Crippen molar-refractivity contribution in [1.29, 1.82) is 0 Å². The highest BCUT2D eigenvalue weighted by atomic mass is 32.2. The molecule has 7 heteroatoms. The highest BCUT2D eigenvalue weighted by Crippen LogP contribution is 2.53. The molecule has 0 radical (unpaired) electrons. The molecule has 4 rings (SSSR count). The number of hydrogen-bond donors (Lipinski definition) is 1. The van der Waals surface area contributed by atoms with E-state index in [-0.39, 0.29) is 17.7 Å². The molecule has 1 aliphatic carbocycles. The number of carbonyl (C=O) groups excluding carboxylic acids is 2. The SMILES string of the molecule is CCCN1C(=O)C2CC(c3ccc(NS(C)(=O)=O)cc3)(C2)C1=O. The number of amides is 2. The second-order valence-corrected chi connectivity index (χ2v) is 8.18. The lowest BCUT2D eigenvalue weighted by atomic mass is 9.55. The summed E-state index contributed by atoms with van der Waals surface area (Å²) in [5.41, 5.74) is 0.705. The largest absolute Gasteiger partial charge is 0.284 e. The Balaban J connectivity index is 1.87. The van der Waals surface area contributed by atoms with Crippen LogP contribution in [0.25, 0.3) is 0 Å². The van der Waals surface area contributed by atoms with Gasteiger partial charge in [0, 0.05) is 18.2 Å². The Morgan fingerprint density at radius 3 is 2.35 bits per heavy atom. The summed E-state index contributed by atoms with van der Waals surface area (Å²) >= 11 is 0. The zero-order valence-corrected chi connectivity index (χ0v) is 14.0. The smallest absolute Gasteiger partial charge is 0.239 e. The average Bonchev–Trinajstić information content (AvgIpc) is 2.41. The molecule has 2 bridgehead atoms. The van der Waals surface area contributed by atoms with Gasteiger partial charge in [0.25, 0.3) is 0 Å². The zero-order valence-electron chi connectivity index (χ0n) is 13.2. The second-order valence-electron chi connectivity index (χ2n) is 6.43. The van der Waals surface area contributed by atoms with Crippen LogP contribution in [0.5, 0.6) is 0 Å². The number of imide groups is 1. The molecule has 0 atom stereocenters. The molecular formula is C16H20N2O4S. The molecule has 6 nitrogen and oxygen atoms in total. The highest BCUT2D eigenvalue weighted by Gasteiger charge is 2.61. The Morgan fingerprint density at radius 2 is 1.83 bits per heavy atom. The van der Waals surface area contributed by atoms with Crippen LogP contribution in [0, 0.1) is 5.92 Å². The van der Waals surface area contributed by atoms with Crippen molar-refractivity contribution in [2.24, 2.45) is 5.92 Å². The maximum atomic E-state index is 12.8. The quantitative estimate of drug-likeness (QED) is 0.826. The van der Waals surface area contributed by atoms with Gasteiger partial charge in [-0.2, -0.15) is 0 Å². The van der Waals surface area contributed by atoms with Gasteiger partial charge in [-0.3, -0.25) is 19.2 Å². The second kappa shape index (κ2) is 5.33. The fraction of sp³-hybridized carbons (Fsp3) is 0.500. The van der Waals surface area contributed by atoms with Crippen molar-refractivity contribution in [2.75, 3.05) is 17.5 Å². The molecule has 2 amide bonds. The van der Waals surface area contributed by atoms with Crippen LogP contribution in [-0.2, 0) is 25.0 Å². The van der Waals surface area contributed by atoms with Crippen LogP contribution in [0.1, 0.15) is 31.7 Å². The van der Waals surface area contributed by atoms with Gasteiger partial charge in [0.1, 0.15) is 0 Å². The molecular weight excluding hydrogens is 316 g/mol. The third-order valence-electron chi connectivity index (χ3n) is 4.65. The van der Waals surface area contributed by atoms with Gasteiger partial charge in [0.15, 0.2) is 0 Å². The first-order valence-electron chi connectivity index (χ1n) is 7.71. The topological polar surface area (TPSA) is 83.6 Å². The summed E-state index contributed by atoms with van der Waals surface area (Å²) in [5.74, 6) is -0.224. The first-order valence-corrected chi connectivity index (χ1v) is 9.60. The van der Waals surface area contributed by atoms with Crippen LogP contribution in [0.2, 0.25) is 0 Å². The summed E-state index contributed by atoms with van der Waals surface area (Å²) in [7, 11) is -3.32. The fourth-order valence-electron chi connectivity index (χ4n) is 3.58. The first kappa shape index (κ1) is 16.0. The average molecular weight is 336 g/mol. The highest BCUT2D eigenvalue weighted by molar-refractivity contribution is 7.92. The Kier molecular flexibility index (Phi) is 3.71. The number of hydrogen-bond acceptors (Lipinski definition) is 4. The summed E-state index contributed by atoms with van der Waals surface area (Å²) in [6.07, 6.45) is 2.96. The Labute approximate surface area is 135 Å². The van der Waals surface area contributed by atoms with E-state index < -0.39 is 15.4 Å². The minimum Gasteiger partial charge on any atom is -0.284 e. The van der Waals surface area contributed by atoms with Gasteiger partial charge >= 0.3 is 0 Å². The normalized spacial score (nSPS) is 26.9. The number of benzene rings is 1. The van der Waals surface area contributed by atoms with Gasteiger partial charge in [-0.05, 0) is 37.0 Å². The van der Waals surface area contributed by atoms with Crippen LogP contribution in [0.4, 0.5) is 5.69 Å². The standard InChI is InChI=1S/C16H20N2O4S/c1-3-8-18-14(19)11-9-16(10-11,15(18)20)12-4-6-13(7-5-12)17-23(2,21)22/h4-7,11,17H,3,8-10H2,1-2H3. The molecule has 1 aromatic rings. The Hall–Kier alpha value is -1.89. The number of anilines is 1. The molecule has 1 aromatic carbocycles. The van der Waals surface area contributed by atoms with Gasteiger partial charge in [-0.1, -0.05) is 19.1 Å². The minimum absolute atomic E-state index is 0.0471. The summed E-state index contributed by atoms with van der Waals surface area (Å²) in [6, 6.07) is 6.88. The number of piperidine rings is 2. The Morgan fingerprint density at radius 1 is 1.22 bits per heavy atom.